The van der Waals surface area contributed by atoms with Crippen LogP contribution in [-0.4, -0.2) is 68.8 Å². The second-order valence-corrected chi connectivity index (χ2v) is 12.3. The predicted octanol–water partition coefficient (Wildman–Crippen LogP) is 4.97. The molecule has 0 saturated carbocycles. The van der Waals surface area contributed by atoms with Crippen LogP contribution in [0, 0.1) is 0 Å². The van der Waals surface area contributed by atoms with Crippen molar-refractivity contribution in [3.8, 4) is 0 Å². The zero-order chi connectivity index (χ0) is 28.7. The van der Waals surface area contributed by atoms with E-state index in [9.17, 15) is 9.90 Å². The number of carbonyl (C=O) groups excluding carboxylic acids is 1. The first-order chi connectivity index (χ1) is 20.4. The number of anilines is 3. The van der Waals surface area contributed by atoms with E-state index in [1.165, 1.54) is 0 Å². The first-order valence-electron chi connectivity index (χ1n) is 14.9. The van der Waals surface area contributed by atoms with Gasteiger partial charge >= 0.3 is 0 Å². The van der Waals surface area contributed by atoms with Crippen LogP contribution in [0.1, 0.15) is 54.4 Å². The fourth-order valence-electron chi connectivity index (χ4n) is 6.99. The van der Waals surface area contributed by atoms with E-state index in [4.69, 9.17) is 16.6 Å². The molecule has 1 unspecified atom stereocenters. The van der Waals surface area contributed by atoms with Crippen LogP contribution in [0.15, 0.2) is 66.9 Å². The molecule has 10 heteroatoms. The van der Waals surface area contributed by atoms with Crippen LogP contribution >= 0.6 is 11.6 Å². The Kier molecular flexibility index (Phi) is 7.04. The Bertz CT molecular complexity index is 1570. The minimum Gasteiger partial charge on any atom is -0.385 e. The van der Waals surface area contributed by atoms with E-state index >= 15 is 0 Å². The number of amides is 1. The highest BCUT2D eigenvalue weighted by atomic mass is 35.5. The molecular weight excluding hydrogens is 550 g/mol. The van der Waals surface area contributed by atoms with Gasteiger partial charge in [-0.25, -0.2) is 4.52 Å². The van der Waals surface area contributed by atoms with Crippen molar-refractivity contribution in [3.63, 3.8) is 0 Å². The predicted molar refractivity (Wildman–Crippen MR) is 165 cm³/mol. The van der Waals surface area contributed by atoms with Crippen molar-refractivity contribution >= 4 is 40.5 Å². The van der Waals surface area contributed by atoms with Crippen molar-refractivity contribution in [2.45, 2.75) is 49.7 Å². The fraction of sp³-hybridized carbons (Fsp3) is 0.406. The number of hydrogen-bond acceptors (Lipinski definition) is 7. The normalized spacial score (nSPS) is 22.1. The van der Waals surface area contributed by atoms with Crippen molar-refractivity contribution in [3.05, 3.63) is 83.0 Å². The molecule has 1 spiro atoms. The number of carbonyl (C=O) groups is 1. The van der Waals surface area contributed by atoms with Crippen molar-refractivity contribution in [1.29, 1.82) is 0 Å². The van der Waals surface area contributed by atoms with Gasteiger partial charge in [0.05, 0.1) is 16.8 Å². The largest absolute Gasteiger partial charge is 0.385 e. The zero-order valence-electron chi connectivity index (χ0n) is 23.6. The summed E-state index contributed by atoms with van der Waals surface area (Å²) in [5, 5.41) is 23.4. The van der Waals surface area contributed by atoms with E-state index in [1.807, 2.05) is 66.9 Å². The molecule has 3 N–H and O–H groups in total. The van der Waals surface area contributed by atoms with Crippen LogP contribution in [0.5, 0.6) is 0 Å². The molecule has 2 aromatic heterocycles. The maximum atomic E-state index is 13.5. The molecule has 3 fully saturated rings. The van der Waals surface area contributed by atoms with E-state index in [2.05, 4.69) is 25.5 Å². The lowest BCUT2D eigenvalue weighted by atomic mass is 9.84. The molecule has 4 aromatic rings. The Labute approximate surface area is 250 Å². The summed E-state index contributed by atoms with van der Waals surface area (Å²) >= 11 is 6.05. The summed E-state index contributed by atoms with van der Waals surface area (Å²) in [5.74, 6) is 0.603. The first-order valence-corrected chi connectivity index (χ1v) is 15.3. The van der Waals surface area contributed by atoms with E-state index in [0.29, 0.717) is 42.5 Å². The molecule has 0 aliphatic carbocycles. The number of aromatic nitrogens is 3. The smallest absolute Gasteiger partial charge is 0.254 e. The van der Waals surface area contributed by atoms with E-state index in [-0.39, 0.29) is 11.4 Å². The van der Waals surface area contributed by atoms with Crippen LogP contribution in [-0.2, 0) is 5.60 Å². The van der Waals surface area contributed by atoms with Gasteiger partial charge in [-0.05, 0) is 99.2 Å². The molecule has 0 radical (unpaired) electrons. The maximum absolute atomic E-state index is 13.5. The summed E-state index contributed by atoms with van der Waals surface area (Å²) in [4.78, 5) is 22.6. The van der Waals surface area contributed by atoms with Crippen molar-refractivity contribution < 1.29 is 9.90 Å². The number of fused-ring (bicyclic) bond motifs is 1. The van der Waals surface area contributed by atoms with E-state index in [1.54, 1.807) is 4.52 Å². The summed E-state index contributed by atoms with van der Waals surface area (Å²) in [5.41, 5.74) is 3.26. The lowest BCUT2D eigenvalue weighted by molar-refractivity contribution is 0.0118. The standard InChI is InChI=1S/C32H36ClN7O2/c33-25-9-7-24(8-10-25)32(42)15-20-38(21-16-32)27-4-1-19-40-28(27)36-30(37-40)35-26-11-5-23(6-12-26)29(41)39-18-3-14-31(39)13-2-17-34-22-31/h1,4-12,19,34,42H,2-3,13-18,20-22H2,(H,35,37). The molecule has 1 atom stereocenters. The van der Waals surface area contributed by atoms with Gasteiger partial charge in [-0.1, -0.05) is 23.7 Å². The van der Waals surface area contributed by atoms with Crippen LogP contribution in [0.25, 0.3) is 5.65 Å². The van der Waals surface area contributed by atoms with Gasteiger partial charge in [-0.3, -0.25) is 4.79 Å². The molecule has 0 bridgehead atoms. The number of hydrogen-bond donors (Lipinski definition) is 3. The molecule has 7 rings (SSSR count). The van der Waals surface area contributed by atoms with Crippen LogP contribution in [0.4, 0.5) is 17.3 Å². The average Bonchev–Trinajstić information content (AvgIpc) is 3.62. The first kappa shape index (κ1) is 27.2. The fourth-order valence-corrected chi connectivity index (χ4v) is 7.12. The van der Waals surface area contributed by atoms with E-state index < -0.39 is 5.60 Å². The highest BCUT2D eigenvalue weighted by Crippen LogP contribution is 2.37. The minimum atomic E-state index is -0.872. The number of benzene rings is 2. The average molecular weight is 586 g/mol. The SMILES string of the molecule is O=C(c1ccc(Nc2nc3c(N4CCC(O)(c5ccc(Cl)cc5)CC4)cccn3n2)cc1)N1CCCC12CCCNC2. The van der Waals surface area contributed by atoms with Crippen molar-refractivity contribution in [2.24, 2.45) is 0 Å². The van der Waals surface area contributed by atoms with Crippen molar-refractivity contribution in [2.75, 3.05) is 42.9 Å². The Morgan fingerprint density at radius 1 is 0.952 bits per heavy atom. The summed E-state index contributed by atoms with van der Waals surface area (Å²) in [6.07, 6.45) is 7.43. The second-order valence-electron chi connectivity index (χ2n) is 11.9. The molecule has 5 heterocycles. The molecule has 218 valence electrons. The van der Waals surface area contributed by atoms with Gasteiger partial charge in [0.25, 0.3) is 5.91 Å². The van der Waals surface area contributed by atoms with Crippen molar-refractivity contribution in [1.82, 2.24) is 24.8 Å². The Hall–Kier alpha value is -3.66. The lowest BCUT2D eigenvalue weighted by Crippen LogP contribution is -2.56. The van der Waals surface area contributed by atoms with Crippen LogP contribution in [0.2, 0.25) is 5.02 Å². The summed E-state index contributed by atoms with van der Waals surface area (Å²) in [6.45, 7) is 4.14. The zero-order valence-corrected chi connectivity index (χ0v) is 24.4. The van der Waals surface area contributed by atoms with Crippen LogP contribution in [0.3, 0.4) is 0 Å². The number of piperidine rings is 2. The minimum absolute atomic E-state index is 0.0344. The highest BCUT2D eigenvalue weighted by Gasteiger charge is 2.44. The molecule has 3 aliphatic rings. The third kappa shape index (κ3) is 4.99. The number of nitrogens with zero attached hydrogens (tertiary/aromatic N) is 5. The summed E-state index contributed by atoms with van der Waals surface area (Å²) < 4.78 is 1.78. The van der Waals surface area contributed by atoms with Gasteiger partial charge < -0.3 is 25.5 Å². The molecular formula is C32H36ClN7O2. The highest BCUT2D eigenvalue weighted by molar-refractivity contribution is 6.30. The molecule has 3 aliphatic heterocycles. The Morgan fingerprint density at radius 2 is 1.71 bits per heavy atom. The van der Waals surface area contributed by atoms with Gasteiger partial charge in [-0.2, -0.15) is 4.98 Å². The topological polar surface area (TPSA) is 98.0 Å². The number of halogens is 1. The van der Waals surface area contributed by atoms with Gasteiger partial charge in [0.2, 0.25) is 5.95 Å². The second kappa shape index (κ2) is 10.9. The van der Waals surface area contributed by atoms with E-state index in [0.717, 1.165) is 67.9 Å². The van der Waals surface area contributed by atoms with Gasteiger partial charge in [0.15, 0.2) is 5.65 Å². The molecule has 9 nitrogen and oxygen atoms in total. The number of rotatable bonds is 5. The van der Waals surface area contributed by atoms with Gasteiger partial charge in [0, 0.05) is 48.6 Å². The van der Waals surface area contributed by atoms with Crippen LogP contribution < -0.4 is 15.5 Å². The Balaban J connectivity index is 1.04. The molecule has 2 aromatic carbocycles. The number of nitrogens with one attached hydrogen (secondary N) is 2. The molecule has 42 heavy (non-hydrogen) atoms. The third-order valence-corrected chi connectivity index (χ3v) is 9.59. The lowest BCUT2D eigenvalue weighted by Gasteiger charge is -2.42. The third-order valence-electron chi connectivity index (χ3n) is 9.33. The maximum Gasteiger partial charge on any atom is 0.254 e. The molecule has 3 saturated heterocycles. The van der Waals surface area contributed by atoms with Gasteiger partial charge in [-0.15, -0.1) is 5.10 Å². The quantitative estimate of drug-likeness (QED) is 0.304. The molecule has 1 amide bonds. The number of pyridine rings is 1. The monoisotopic (exact) mass is 585 g/mol. The Morgan fingerprint density at radius 3 is 2.45 bits per heavy atom. The number of likely N-dealkylation sites (tertiary alicyclic amines) is 1. The summed E-state index contributed by atoms with van der Waals surface area (Å²) in [7, 11) is 0. The number of aliphatic hydroxyl groups is 1. The van der Waals surface area contributed by atoms with Gasteiger partial charge in [0.1, 0.15) is 0 Å². The summed E-state index contributed by atoms with van der Waals surface area (Å²) in [6, 6.07) is 19.1.